The van der Waals surface area contributed by atoms with Crippen molar-refractivity contribution < 1.29 is 9.15 Å². The van der Waals surface area contributed by atoms with E-state index in [2.05, 4.69) is 10.1 Å². The van der Waals surface area contributed by atoms with Crippen molar-refractivity contribution in [1.82, 2.24) is 14.8 Å². The number of nitrogens with zero attached hydrogens (tertiary/aromatic N) is 3. The van der Waals surface area contributed by atoms with E-state index in [-0.39, 0.29) is 6.08 Å². The molecule has 0 aliphatic carbocycles. The predicted octanol–water partition coefficient (Wildman–Crippen LogP) is 4.77. The molecular formula is C17H12ClN3O2. The summed E-state index contributed by atoms with van der Waals surface area (Å²) in [5.41, 5.74) is 3.00. The Hall–Kier alpha value is -2.79. The molecule has 0 aliphatic rings. The highest BCUT2D eigenvalue weighted by atomic mass is 35.5. The maximum atomic E-state index is 5.95. The van der Waals surface area contributed by atoms with E-state index in [1.807, 2.05) is 43.3 Å². The van der Waals surface area contributed by atoms with E-state index in [1.54, 1.807) is 22.9 Å². The average Bonchev–Trinajstić information content (AvgIpc) is 3.10. The SMILES string of the molecule is Cc1cc(Oc2nc3ccc(Cl)cc3o2)n(-c2ccccc2)n1. The average molecular weight is 326 g/mol. The molecule has 114 valence electrons. The summed E-state index contributed by atoms with van der Waals surface area (Å²) in [4.78, 5) is 4.30. The lowest BCUT2D eigenvalue weighted by atomic mass is 10.3. The number of halogens is 1. The lowest BCUT2D eigenvalue weighted by Crippen LogP contribution is -1.99. The summed E-state index contributed by atoms with van der Waals surface area (Å²) in [5.74, 6) is 0.534. The number of aromatic nitrogens is 3. The second kappa shape index (κ2) is 5.44. The minimum absolute atomic E-state index is 0.152. The fourth-order valence-corrected chi connectivity index (χ4v) is 2.48. The fourth-order valence-electron chi connectivity index (χ4n) is 2.31. The number of oxazole rings is 1. The molecule has 0 atom stereocenters. The zero-order chi connectivity index (χ0) is 15.8. The van der Waals surface area contributed by atoms with Crippen molar-refractivity contribution >= 4 is 22.7 Å². The van der Waals surface area contributed by atoms with Gasteiger partial charge in [0.2, 0.25) is 5.88 Å². The molecule has 0 radical (unpaired) electrons. The lowest BCUT2D eigenvalue weighted by molar-refractivity contribution is 0.325. The summed E-state index contributed by atoms with van der Waals surface area (Å²) in [6, 6.07) is 16.8. The highest BCUT2D eigenvalue weighted by Crippen LogP contribution is 2.28. The minimum Gasteiger partial charge on any atom is -0.409 e. The standard InChI is InChI=1S/C17H12ClN3O2/c1-11-9-16(21(20-11)13-5-3-2-4-6-13)23-17-19-14-8-7-12(18)10-15(14)22-17/h2-10H,1H3. The van der Waals surface area contributed by atoms with Gasteiger partial charge in [0.25, 0.3) is 0 Å². The van der Waals surface area contributed by atoms with Gasteiger partial charge in [0, 0.05) is 17.2 Å². The predicted molar refractivity (Wildman–Crippen MR) is 87.4 cm³/mol. The summed E-state index contributed by atoms with van der Waals surface area (Å²) >= 11 is 5.95. The molecule has 23 heavy (non-hydrogen) atoms. The van der Waals surface area contributed by atoms with E-state index in [0.717, 1.165) is 11.4 Å². The van der Waals surface area contributed by atoms with Crippen LogP contribution in [-0.2, 0) is 0 Å². The van der Waals surface area contributed by atoms with E-state index < -0.39 is 0 Å². The number of hydrogen-bond donors (Lipinski definition) is 0. The first-order valence-corrected chi connectivity index (χ1v) is 7.43. The molecule has 2 heterocycles. The van der Waals surface area contributed by atoms with Crippen LogP contribution in [0.2, 0.25) is 5.02 Å². The van der Waals surface area contributed by atoms with Crippen LogP contribution in [-0.4, -0.2) is 14.8 Å². The molecule has 0 bridgehead atoms. The van der Waals surface area contributed by atoms with Gasteiger partial charge in [-0.3, -0.25) is 0 Å². The van der Waals surface area contributed by atoms with Crippen molar-refractivity contribution in [3.05, 3.63) is 65.3 Å². The van der Waals surface area contributed by atoms with Gasteiger partial charge < -0.3 is 9.15 Å². The maximum absolute atomic E-state index is 5.95. The van der Waals surface area contributed by atoms with Crippen molar-refractivity contribution in [3.63, 3.8) is 0 Å². The minimum atomic E-state index is 0.152. The third kappa shape index (κ3) is 2.66. The van der Waals surface area contributed by atoms with Crippen LogP contribution in [0.5, 0.6) is 12.0 Å². The Kier molecular flexibility index (Phi) is 3.28. The Morgan fingerprint density at radius 3 is 2.74 bits per heavy atom. The van der Waals surface area contributed by atoms with Crippen LogP contribution in [0.4, 0.5) is 0 Å². The number of para-hydroxylation sites is 1. The summed E-state index contributed by atoms with van der Waals surface area (Å²) in [6.07, 6.45) is 0.152. The molecule has 0 saturated heterocycles. The van der Waals surface area contributed by atoms with Crippen LogP contribution in [0.25, 0.3) is 16.8 Å². The molecule has 2 aromatic heterocycles. The fraction of sp³-hybridized carbons (Fsp3) is 0.0588. The van der Waals surface area contributed by atoms with E-state index in [4.69, 9.17) is 20.8 Å². The normalized spacial score (nSPS) is 11.0. The molecule has 0 unspecified atom stereocenters. The van der Waals surface area contributed by atoms with E-state index in [1.165, 1.54) is 0 Å². The first-order chi connectivity index (χ1) is 11.2. The van der Waals surface area contributed by atoms with Crippen LogP contribution in [0, 0.1) is 6.92 Å². The van der Waals surface area contributed by atoms with Crippen LogP contribution in [0.15, 0.2) is 59.0 Å². The zero-order valence-electron chi connectivity index (χ0n) is 12.2. The molecule has 4 aromatic rings. The molecule has 0 amide bonds. The zero-order valence-corrected chi connectivity index (χ0v) is 13.0. The summed E-state index contributed by atoms with van der Waals surface area (Å²) in [6.45, 7) is 1.90. The van der Waals surface area contributed by atoms with Gasteiger partial charge in [-0.2, -0.15) is 10.1 Å². The van der Waals surface area contributed by atoms with Crippen LogP contribution >= 0.6 is 11.6 Å². The number of hydrogen-bond acceptors (Lipinski definition) is 4. The van der Waals surface area contributed by atoms with Gasteiger partial charge in [0.05, 0.1) is 11.4 Å². The van der Waals surface area contributed by atoms with Crippen molar-refractivity contribution in [3.8, 4) is 17.6 Å². The molecule has 0 aliphatic heterocycles. The van der Waals surface area contributed by atoms with Crippen molar-refractivity contribution in [2.24, 2.45) is 0 Å². The Balaban J connectivity index is 1.73. The first kappa shape index (κ1) is 13.8. The van der Waals surface area contributed by atoms with Crippen molar-refractivity contribution in [2.45, 2.75) is 6.92 Å². The second-order valence-corrected chi connectivity index (χ2v) is 5.50. The molecule has 0 fully saturated rings. The van der Waals surface area contributed by atoms with Gasteiger partial charge >= 0.3 is 6.08 Å². The monoisotopic (exact) mass is 325 g/mol. The van der Waals surface area contributed by atoms with E-state index in [9.17, 15) is 0 Å². The van der Waals surface area contributed by atoms with E-state index >= 15 is 0 Å². The number of rotatable bonds is 3. The Bertz CT molecular complexity index is 976. The number of aryl methyl sites for hydroxylation is 1. The molecule has 0 spiro atoms. The summed E-state index contributed by atoms with van der Waals surface area (Å²) in [7, 11) is 0. The molecule has 2 aromatic carbocycles. The Labute approximate surface area is 137 Å². The molecular weight excluding hydrogens is 314 g/mol. The largest absolute Gasteiger partial charge is 0.409 e. The Morgan fingerprint density at radius 2 is 1.91 bits per heavy atom. The van der Waals surface area contributed by atoms with Gasteiger partial charge in [-0.05, 0) is 31.2 Å². The highest BCUT2D eigenvalue weighted by Gasteiger charge is 2.14. The van der Waals surface area contributed by atoms with Gasteiger partial charge in [-0.25, -0.2) is 4.68 Å². The van der Waals surface area contributed by atoms with Crippen LogP contribution < -0.4 is 4.74 Å². The lowest BCUT2D eigenvalue weighted by Gasteiger charge is -2.05. The third-order valence-corrected chi connectivity index (χ3v) is 3.56. The summed E-state index contributed by atoms with van der Waals surface area (Å²) < 4.78 is 13.1. The highest BCUT2D eigenvalue weighted by molar-refractivity contribution is 6.31. The molecule has 6 heteroatoms. The maximum Gasteiger partial charge on any atom is 0.401 e. The molecule has 0 N–H and O–H groups in total. The van der Waals surface area contributed by atoms with Crippen molar-refractivity contribution in [1.29, 1.82) is 0 Å². The van der Waals surface area contributed by atoms with Gasteiger partial charge in [-0.15, -0.1) is 0 Å². The summed E-state index contributed by atoms with van der Waals surface area (Å²) in [5, 5.41) is 5.03. The molecule has 5 nitrogen and oxygen atoms in total. The topological polar surface area (TPSA) is 53.1 Å². The van der Waals surface area contributed by atoms with Crippen LogP contribution in [0.3, 0.4) is 0 Å². The quantitative estimate of drug-likeness (QED) is 0.544. The number of benzene rings is 2. The second-order valence-electron chi connectivity index (χ2n) is 5.07. The van der Waals surface area contributed by atoms with Gasteiger partial charge in [-0.1, -0.05) is 29.8 Å². The molecule has 4 rings (SSSR count). The third-order valence-electron chi connectivity index (χ3n) is 3.32. The van der Waals surface area contributed by atoms with Crippen molar-refractivity contribution in [2.75, 3.05) is 0 Å². The number of ether oxygens (including phenoxy) is 1. The number of fused-ring (bicyclic) bond motifs is 1. The first-order valence-electron chi connectivity index (χ1n) is 7.05. The smallest absolute Gasteiger partial charge is 0.401 e. The van der Waals surface area contributed by atoms with Gasteiger partial charge in [0.15, 0.2) is 5.58 Å². The van der Waals surface area contributed by atoms with Crippen LogP contribution in [0.1, 0.15) is 5.69 Å². The molecule has 0 saturated carbocycles. The Morgan fingerprint density at radius 1 is 1.09 bits per heavy atom. The van der Waals surface area contributed by atoms with Gasteiger partial charge in [0.1, 0.15) is 5.52 Å². The van der Waals surface area contributed by atoms with E-state index in [0.29, 0.717) is 22.0 Å².